The van der Waals surface area contributed by atoms with Crippen LogP contribution in [0.5, 0.6) is 0 Å². The summed E-state index contributed by atoms with van der Waals surface area (Å²) < 4.78 is 10.6. The van der Waals surface area contributed by atoms with E-state index < -0.39 is 0 Å². The zero-order valence-corrected chi connectivity index (χ0v) is 10.2. The number of hydrogen-bond acceptors (Lipinski definition) is 6. The molecule has 6 heteroatoms. The van der Waals surface area contributed by atoms with Gasteiger partial charge in [0.15, 0.2) is 0 Å². The van der Waals surface area contributed by atoms with Gasteiger partial charge < -0.3 is 15.0 Å². The van der Waals surface area contributed by atoms with Crippen LogP contribution in [0.25, 0.3) is 10.8 Å². The van der Waals surface area contributed by atoms with Crippen LogP contribution >= 0.6 is 11.3 Å². The minimum absolute atomic E-state index is 0.0475. The van der Waals surface area contributed by atoms with Gasteiger partial charge in [0.1, 0.15) is 11.0 Å². The van der Waals surface area contributed by atoms with E-state index in [9.17, 15) is 0 Å². The fourth-order valence-electron chi connectivity index (χ4n) is 1.84. The highest BCUT2D eigenvalue weighted by Crippen LogP contribution is 2.42. The van der Waals surface area contributed by atoms with Gasteiger partial charge in [0, 0.05) is 7.11 Å². The average molecular weight is 251 g/mol. The summed E-state index contributed by atoms with van der Waals surface area (Å²) in [5.41, 5.74) is 6.49. The van der Waals surface area contributed by atoms with Crippen LogP contribution in [0.3, 0.4) is 0 Å². The molecule has 90 valence electrons. The number of ether oxygens (including phenoxy) is 1. The highest BCUT2D eigenvalue weighted by Gasteiger charge is 2.35. The van der Waals surface area contributed by atoms with E-state index >= 15 is 0 Å². The number of nitrogen functional groups attached to an aromatic ring is 1. The summed E-state index contributed by atoms with van der Waals surface area (Å²) in [4.78, 5) is 5.20. The summed E-state index contributed by atoms with van der Waals surface area (Å²) in [5.74, 6) is 1.64. The summed E-state index contributed by atoms with van der Waals surface area (Å²) in [6.07, 6.45) is 2.29. The van der Waals surface area contributed by atoms with Crippen molar-refractivity contribution in [2.45, 2.75) is 18.9 Å². The molecule has 2 heterocycles. The molecule has 1 unspecified atom stereocenters. The summed E-state index contributed by atoms with van der Waals surface area (Å²) in [6, 6.07) is 1.83. The third-order valence-corrected chi connectivity index (χ3v) is 3.81. The molecule has 2 aromatic heterocycles. The average Bonchev–Trinajstić information content (AvgIpc) is 2.87. The summed E-state index contributed by atoms with van der Waals surface area (Å²) >= 11 is 1.50. The van der Waals surface area contributed by atoms with Crippen LogP contribution in [-0.2, 0) is 4.74 Å². The van der Waals surface area contributed by atoms with Crippen molar-refractivity contribution < 1.29 is 9.26 Å². The SMILES string of the molecule is COC(c1noc(-c2sccc2N)n1)C1CC1. The molecule has 0 spiro atoms. The number of anilines is 1. The van der Waals surface area contributed by atoms with Crippen LogP contribution < -0.4 is 5.73 Å². The number of aromatic nitrogens is 2. The lowest BCUT2D eigenvalue weighted by molar-refractivity contribution is 0.0751. The lowest BCUT2D eigenvalue weighted by atomic mass is 10.2. The molecule has 1 fully saturated rings. The second kappa shape index (κ2) is 4.12. The number of hydrogen-bond donors (Lipinski definition) is 1. The molecule has 5 nitrogen and oxygen atoms in total. The van der Waals surface area contributed by atoms with Crippen molar-refractivity contribution in [1.82, 2.24) is 10.1 Å². The largest absolute Gasteiger partial charge is 0.397 e. The van der Waals surface area contributed by atoms with E-state index in [0.29, 0.717) is 23.3 Å². The molecule has 0 aromatic carbocycles. The molecule has 17 heavy (non-hydrogen) atoms. The van der Waals surface area contributed by atoms with E-state index in [-0.39, 0.29) is 6.10 Å². The van der Waals surface area contributed by atoms with Crippen LogP contribution in [0.2, 0.25) is 0 Å². The maximum atomic E-state index is 5.81. The fourth-order valence-corrected chi connectivity index (χ4v) is 2.58. The Morgan fingerprint density at radius 2 is 2.41 bits per heavy atom. The zero-order valence-electron chi connectivity index (χ0n) is 9.42. The van der Waals surface area contributed by atoms with Crippen molar-refractivity contribution in [2.24, 2.45) is 5.92 Å². The minimum atomic E-state index is -0.0475. The molecule has 0 bridgehead atoms. The van der Waals surface area contributed by atoms with Gasteiger partial charge in [-0.15, -0.1) is 11.3 Å². The number of rotatable bonds is 4. The van der Waals surface area contributed by atoms with Crippen molar-refractivity contribution in [3.05, 3.63) is 17.3 Å². The van der Waals surface area contributed by atoms with Crippen molar-refractivity contribution in [3.63, 3.8) is 0 Å². The third-order valence-electron chi connectivity index (χ3n) is 2.89. The van der Waals surface area contributed by atoms with E-state index in [1.807, 2.05) is 11.4 Å². The van der Waals surface area contributed by atoms with Crippen LogP contribution in [-0.4, -0.2) is 17.3 Å². The highest BCUT2D eigenvalue weighted by atomic mass is 32.1. The van der Waals surface area contributed by atoms with Gasteiger partial charge in [-0.2, -0.15) is 4.98 Å². The van der Waals surface area contributed by atoms with Crippen LogP contribution in [0.4, 0.5) is 5.69 Å². The highest BCUT2D eigenvalue weighted by molar-refractivity contribution is 7.14. The first-order valence-corrected chi connectivity index (χ1v) is 6.37. The van der Waals surface area contributed by atoms with Crippen LogP contribution in [0, 0.1) is 5.92 Å². The van der Waals surface area contributed by atoms with Crippen molar-refractivity contribution >= 4 is 17.0 Å². The van der Waals surface area contributed by atoms with Crippen molar-refractivity contribution in [2.75, 3.05) is 12.8 Å². The maximum absolute atomic E-state index is 5.81. The Hall–Kier alpha value is -1.40. The monoisotopic (exact) mass is 251 g/mol. The number of thiophene rings is 1. The Kier molecular flexibility index (Phi) is 2.60. The van der Waals surface area contributed by atoms with Gasteiger partial charge in [0.25, 0.3) is 5.89 Å². The molecular weight excluding hydrogens is 238 g/mol. The number of nitrogens with two attached hydrogens (primary N) is 1. The molecule has 0 amide bonds. The second-order valence-electron chi connectivity index (χ2n) is 4.16. The Morgan fingerprint density at radius 3 is 3.00 bits per heavy atom. The van der Waals surface area contributed by atoms with Crippen LogP contribution in [0.1, 0.15) is 24.8 Å². The third kappa shape index (κ3) is 1.94. The predicted octanol–water partition coefficient (Wildman–Crippen LogP) is 2.48. The lowest BCUT2D eigenvalue weighted by Gasteiger charge is -2.07. The molecular formula is C11H13N3O2S. The Bertz CT molecular complexity index is 518. The topological polar surface area (TPSA) is 74.2 Å². The molecule has 0 saturated heterocycles. The zero-order chi connectivity index (χ0) is 11.8. The van der Waals surface area contributed by atoms with E-state index in [1.54, 1.807) is 7.11 Å². The van der Waals surface area contributed by atoms with Gasteiger partial charge in [-0.05, 0) is 30.2 Å². The first-order chi connectivity index (χ1) is 8.29. The Morgan fingerprint density at radius 1 is 1.59 bits per heavy atom. The fraction of sp³-hybridized carbons (Fsp3) is 0.455. The van der Waals surface area contributed by atoms with E-state index in [0.717, 1.165) is 4.88 Å². The maximum Gasteiger partial charge on any atom is 0.270 e. The molecule has 0 aliphatic heterocycles. The smallest absolute Gasteiger partial charge is 0.270 e. The van der Waals surface area contributed by atoms with E-state index in [1.165, 1.54) is 24.2 Å². The van der Waals surface area contributed by atoms with Gasteiger partial charge in [-0.25, -0.2) is 0 Å². The van der Waals surface area contributed by atoms with Crippen molar-refractivity contribution in [3.8, 4) is 10.8 Å². The normalized spacial score (nSPS) is 17.2. The minimum Gasteiger partial charge on any atom is -0.397 e. The number of nitrogens with zero attached hydrogens (tertiary/aromatic N) is 2. The van der Waals surface area contributed by atoms with Gasteiger partial charge in [-0.1, -0.05) is 5.16 Å². The Balaban J connectivity index is 1.89. The lowest BCUT2D eigenvalue weighted by Crippen LogP contribution is -2.05. The van der Waals surface area contributed by atoms with E-state index in [2.05, 4.69) is 10.1 Å². The van der Waals surface area contributed by atoms with Gasteiger partial charge in [0.05, 0.1) is 5.69 Å². The molecule has 3 rings (SSSR count). The van der Waals surface area contributed by atoms with Crippen molar-refractivity contribution in [1.29, 1.82) is 0 Å². The standard InChI is InChI=1S/C11H13N3O2S/c1-15-8(6-2-3-6)10-13-11(16-14-10)9-7(12)4-5-17-9/h4-6,8H,2-3,12H2,1H3. The van der Waals surface area contributed by atoms with Gasteiger partial charge >= 0.3 is 0 Å². The van der Waals surface area contributed by atoms with Crippen LogP contribution in [0.15, 0.2) is 16.0 Å². The number of methoxy groups -OCH3 is 1. The Labute approximate surface area is 103 Å². The quantitative estimate of drug-likeness (QED) is 0.903. The first kappa shape index (κ1) is 10.7. The molecule has 0 radical (unpaired) electrons. The predicted molar refractivity (Wildman–Crippen MR) is 64.5 cm³/mol. The first-order valence-electron chi connectivity index (χ1n) is 5.49. The van der Waals surface area contributed by atoms with Gasteiger partial charge in [0.2, 0.25) is 5.82 Å². The second-order valence-corrected chi connectivity index (χ2v) is 5.07. The molecule has 1 aliphatic rings. The molecule has 1 atom stereocenters. The molecule has 2 N–H and O–H groups in total. The van der Waals surface area contributed by atoms with Gasteiger partial charge in [-0.3, -0.25) is 0 Å². The van der Waals surface area contributed by atoms with E-state index in [4.69, 9.17) is 15.0 Å². The summed E-state index contributed by atoms with van der Waals surface area (Å²) in [7, 11) is 1.68. The molecule has 1 aliphatic carbocycles. The summed E-state index contributed by atoms with van der Waals surface area (Å²) in [6.45, 7) is 0. The molecule has 1 saturated carbocycles. The molecule has 2 aromatic rings. The summed E-state index contributed by atoms with van der Waals surface area (Å²) in [5, 5.41) is 5.89.